The van der Waals surface area contributed by atoms with Gasteiger partial charge in [-0.15, -0.1) is 0 Å². The fraction of sp³-hybridized carbons (Fsp3) is 0.250. The summed E-state index contributed by atoms with van der Waals surface area (Å²) in [5.41, 5.74) is 0.145. The SMILES string of the molecule is COC(=O)c1ccccc1C(=O)C=C1C(=O)CCCC1=O. The molecule has 0 spiro atoms. The molecule has 108 valence electrons. The molecule has 0 aliphatic heterocycles. The Morgan fingerprint density at radius 3 is 2.19 bits per heavy atom. The fourth-order valence-electron chi connectivity index (χ4n) is 2.19. The van der Waals surface area contributed by atoms with Gasteiger partial charge in [-0.25, -0.2) is 4.79 Å². The molecule has 21 heavy (non-hydrogen) atoms. The number of hydrogen-bond donors (Lipinski definition) is 0. The molecule has 5 nitrogen and oxygen atoms in total. The van der Waals surface area contributed by atoms with Gasteiger partial charge >= 0.3 is 5.97 Å². The molecule has 0 unspecified atom stereocenters. The molecule has 1 aromatic rings. The van der Waals surface area contributed by atoms with E-state index in [0.29, 0.717) is 6.42 Å². The number of ketones is 3. The molecule has 0 N–H and O–H groups in total. The summed E-state index contributed by atoms with van der Waals surface area (Å²) in [5, 5.41) is 0. The van der Waals surface area contributed by atoms with Crippen LogP contribution in [0, 0.1) is 0 Å². The molecule has 0 saturated heterocycles. The molecule has 5 heteroatoms. The fourth-order valence-corrected chi connectivity index (χ4v) is 2.19. The van der Waals surface area contributed by atoms with Gasteiger partial charge in [0.2, 0.25) is 0 Å². The average molecular weight is 286 g/mol. The Labute approximate surface area is 121 Å². The first-order chi connectivity index (χ1) is 10.0. The van der Waals surface area contributed by atoms with Crippen molar-refractivity contribution in [2.75, 3.05) is 7.11 Å². The number of esters is 1. The van der Waals surface area contributed by atoms with Crippen molar-refractivity contribution in [3.63, 3.8) is 0 Å². The number of ether oxygens (including phenoxy) is 1. The Kier molecular flexibility index (Phi) is 4.42. The van der Waals surface area contributed by atoms with Gasteiger partial charge in [-0.1, -0.05) is 18.2 Å². The highest BCUT2D eigenvalue weighted by Gasteiger charge is 2.25. The van der Waals surface area contributed by atoms with E-state index in [9.17, 15) is 19.2 Å². The van der Waals surface area contributed by atoms with Crippen LogP contribution in [0.2, 0.25) is 0 Å². The first-order valence-corrected chi connectivity index (χ1v) is 6.54. The van der Waals surface area contributed by atoms with Gasteiger partial charge in [0.15, 0.2) is 17.3 Å². The highest BCUT2D eigenvalue weighted by Crippen LogP contribution is 2.19. The van der Waals surface area contributed by atoms with Crippen LogP contribution in [0.1, 0.15) is 40.0 Å². The normalized spacial score (nSPS) is 14.8. The van der Waals surface area contributed by atoms with Crippen LogP contribution in [0.5, 0.6) is 0 Å². The predicted octanol–water partition coefficient (Wildman–Crippen LogP) is 1.90. The summed E-state index contributed by atoms with van der Waals surface area (Å²) < 4.78 is 4.61. The van der Waals surface area contributed by atoms with Gasteiger partial charge in [-0.05, 0) is 12.5 Å². The molecule has 1 aliphatic rings. The van der Waals surface area contributed by atoms with E-state index >= 15 is 0 Å². The lowest BCUT2D eigenvalue weighted by atomic mass is 9.90. The summed E-state index contributed by atoms with van der Waals surface area (Å²) in [4.78, 5) is 47.3. The zero-order chi connectivity index (χ0) is 15.4. The molecule has 1 aliphatic carbocycles. The molecule has 0 bridgehead atoms. The maximum atomic E-state index is 12.3. The molecule has 0 atom stereocenters. The summed E-state index contributed by atoms with van der Waals surface area (Å²) in [5.74, 6) is -1.83. The van der Waals surface area contributed by atoms with Gasteiger partial charge in [-0.2, -0.15) is 0 Å². The molecular weight excluding hydrogens is 272 g/mol. The van der Waals surface area contributed by atoms with Crippen LogP contribution >= 0.6 is 0 Å². The van der Waals surface area contributed by atoms with Gasteiger partial charge < -0.3 is 4.74 Å². The van der Waals surface area contributed by atoms with E-state index in [2.05, 4.69) is 4.74 Å². The van der Waals surface area contributed by atoms with Crippen LogP contribution in [-0.2, 0) is 14.3 Å². The van der Waals surface area contributed by atoms with Gasteiger partial charge in [0.05, 0.1) is 18.2 Å². The molecule has 0 amide bonds. The van der Waals surface area contributed by atoms with Crippen LogP contribution in [0.4, 0.5) is 0 Å². The lowest BCUT2D eigenvalue weighted by molar-refractivity contribution is -0.123. The van der Waals surface area contributed by atoms with Gasteiger partial charge in [0.1, 0.15) is 0 Å². The van der Waals surface area contributed by atoms with Crippen molar-refractivity contribution in [1.29, 1.82) is 0 Å². The minimum Gasteiger partial charge on any atom is -0.465 e. The van der Waals surface area contributed by atoms with E-state index < -0.39 is 11.8 Å². The van der Waals surface area contributed by atoms with E-state index in [-0.39, 0.29) is 41.1 Å². The van der Waals surface area contributed by atoms with Crippen LogP contribution < -0.4 is 0 Å². The van der Waals surface area contributed by atoms with E-state index in [1.165, 1.54) is 19.2 Å². The van der Waals surface area contributed by atoms with Gasteiger partial charge in [-0.3, -0.25) is 14.4 Å². The Morgan fingerprint density at radius 1 is 1.05 bits per heavy atom. The van der Waals surface area contributed by atoms with Crippen LogP contribution in [0.25, 0.3) is 0 Å². The molecule has 0 aromatic heterocycles. The molecule has 1 aromatic carbocycles. The lowest BCUT2D eigenvalue weighted by Gasteiger charge is -2.11. The first-order valence-electron chi connectivity index (χ1n) is 6.54. The second kappa shape index (κ2) is 6.26. The van der Waals surface area contributed by atoms with Gasteiger partial charge in [0.25, 0.3) is 0 Å². The highest BCUT2D eigenvalue weighted by molar-refractivity contribution is 6.26. The average Bonchev–Trinajstić information content (AvgIpc) is 2.50. The number of benzene rings is 1. The second-order valence-electron chi connectivity index (χ2n) is 4.66. The van der Waals surface area contributed by atoms with Crippen molar-refractivity contribution in [2.45, 2.75) is 19.3 Å². The van der Waals surface area contributed by atoms with Gasteiger partial charge in [0, 0.05) is 24.5 Å². The number of Topliss-reactive ketones (excluding diaryl/α,β-unsaturated/α-hetero) is 2. The molecule has 1 fully saturated rings. The smallest absolute Gasteiger partial charge is 0.338 e. The van der Waals surface area contributed by atoms with E-state index in [4.69, 9.17) is 0 Å². The minimum atomic E-state index is -0.640. The minimum absolute atomic E-state index is 0.0779. The molecule has 1 saturated carbocycles. The maximum Gasteiger partial charge on any atom is 0.338 e. The van der Waals surface area contributed by atoms with Crippen LogP contribution in [-0.4, -0.2) is 30.4 Å². The van der Waals surface area contributed by atoms with E-state index in [0.717, 1.165) is 6.08 Å². The van der Waals surface area contributed by atoms with Crippen molar-refractivity contribution in [2.24, 2.45) is 0 Å². The van der Waals surface area contributed by atoms with Crippen molar-refractivity contribution in [3.05, 3.63) is 47.0 Å². The Bertz CT molecular complexity index is 636. The predicted molar refractivity (Wildman–Crippen MR) is 74.1 cm³/mol. The number of carbonyl (C=O) groups is 4. The lowest BCUT2D eigenvalue weighted by Crippen LogP contribution is -2.20. The van der Waals surface area contributed by atoms with Crippen molar-refractivity contribution in [3.8, 4) is 0 Å². The highest BCUT2D eigenvalue weighted by atomic mass is 16.5. The summed E-state index contributed by atoms with van der Waals surface area (Å²) in [6.07, 6.45) is 2.08. The monoisotopic (exact) mass is 286 g/mol. The molecule has 0 radical (unpaired) electrons. The topological polar surface area (TPSA) is 77.5 Å². The van der Waals surface area contributed by atoms with Crippen LogP contribution in [0.15, 0.2) is 35.9 Å². The van der Waals surface area contributed by atoms with Crippen molar-refractivity contribution in [1.82, 2.24) is 0 Å². The number of hydrogen-bond acceptors (Lipinski definition) is 5. The number of methoxy groups -OCH3 is 1. The second-order valence-corrected chi connectivity index (χ2v) is 4.66. The molecule has 0 heterocycles. The summed E-state index contributed by atoms with van der Waals surface area (Å²) >= 11 is 0. The largest absolute Gasteiger partial charge is 0.465 e. The zero-order valence-electron chi connectivity index (χ0n) is 11.5. The summed E-state index contributed by atoms with van der Waals surface area (Å²) in [7, 11) is 1.22. The number of rotatable bonds is 3. The molecule has 2 rings (SSSR count). The van der Waals surface area contributed by atoms with E-state index in [1.807, 2.05) is 0 Å². The van der Waals surface area contributed by atoms with E-state index in [1.54, 1.807) is 12.1 Å². The quantitative estimate of drug-likeness (QED) is 0.367. The number of carbonyl (C=O) groups excluding carboxylic acids is 4. The third-order valence-electron chi connectivity index (χ3n) is 3.28. The Hall–Kier alpha value is -2.56. The zero-order valence-corrected chi connectivity index (χ0v) is 11.5. The molecular formula is C16H14O5. The summed E-state index contributed by atoms with van der Waals surface area (Å²) in [6, 6.07) is 6.13. The number of allylic oxidation sites excluding steroid dienone is 2. The third-order valence-corrected chi connectivity index (χ3v) is 3.28. The Balaban J connectivity index is 2.39. The Morgan fingerprint density at radius 2 is 1.62 bits per heavy atom. The van der Waals surface area contributed by atoms with Crippen LogP contribution in [0.3, 0.4) is 0 Å². The maximum absolute atomic E-state index is 12.3. The standard InChI is InChI=1S/C16H14O5/c1-21-16(20)11-6-3-2-5-10(11)15(19)9-12-13(17)7-4-8-14(12)18/h2-3,5-6,9H,4,7-8H2,1H3. The van der Waals surface area contributed by atoms with Crippen molar-refractivity contribution >= 4 is 23.3 Å². The third kappa shape index (κ3) is 3.13. The first kappa shape index (κ1) is 14.8. The van der Waals surface area contributed by atoms with Crippen molar-refractivity contribution < 1.29 is 23.9 Å². The summed E-state index contributed by atoms with van der Waals surface area (Å²) in [6.45, 7) is 0.